The Kier molecular flexibility index (Phi) is 9.34. The molecule has 1 unspecified atom stereocenters. The molecule has 8 heteroatoms. The maximum Gasteiger partial charge on any atom is 0.407 e. The minimum Gasteiger partial charge on any atom is -0.492 e. The average Bonchev–Trinajstić information content (AvgIpc) is 3.44. The van der Waals surface area contributed by atoms with Crippen LogP contribution in [0.4, 0.5) is 4.79 Å². The molecule has 1 atom stereocenters. The molecule has 0 aliphatic carbocycles. The number of carbonyl (C=O) groups is 2. The molecule has 2 heterocycles. The summed E-state index contributed by atoms with van der Waals surface area (Å²) in [4.78, 5) is 23.1. The molecule has 1 aliphatic rings. The maximum absolute atomic E-state index is 11.3. The van der Waals surface area contributed by atoms with Crippen molar-refractivity contribution in [3.63, 3.8) is 0 Å². The van der Waals surface area contributed by atoms with E-state index in [4.69, 9.17) is 14.6 Å². The van der Waals surface area contributed by atoms with Crippen molar-refractivity contribution >= 4 is 34.4 Å². The third-order valence-electron chi connectivity index (χ3n) is 7.78. The third kappa shape index (κ3) is 6.39. The van der Waals surface area contributed by atoms with Gasteiger partial charge in [0, 0.05) is 12.0 Å². The first kappa shape index (κ1) is 29.1. The second kappa shape index (κ2) is 13.5. The molecule has 3 aromatic carbocycles. The fourth-order valence-corrected chi connectivity index (χ4v) is 5.63. The SMILES string of the molecule is CC/C(=C(/c1ccc(OCCN(CC=O)C(=O)O)cc1)c1ccc2c(cnn2C2CCCCO2)c1)c1ccccc1C. The summed E-state index contributed by atoms with van der Waals surface area (Å²) in [5.74, 6) is 0.632. The molecule has 0 radical (unpaired) electrons. The predicted molar refractivity (Wildman–Crippen MR) is 164 cm³/mol. The molecule has 1 aromatic heterocycles. The normalized spacial score (nSPS) is 15.7. The number of carboxylic acid groups (broad SMARTS) is 1. The second-order valence-corrected chi connectivity index (χ2v) is 10.5. The smallest absolute Gasteiger partial charge is 0.407 e. The fourth-order valence-electron chi connectivity index (χ4n) is 5.63. The summed E-state index contributed by atoms with van der Waals surface area (Å²) in [6.45, 7) is 5.17. The van der Waals surface area contributed by atoms with Crippen molar-refractivity contribution < 1.29 is 24.2 Å². The first-order chi connectivity index (χ1) is 20.5. The lowest BCUT2D eigenvalue weighted by Gasteiger charge is -2.23. The maximum atomic E-state index is 11.3. The zero-order valence-corrected chi connectivity index (χ0v) is 24.2. The quantitative estimate of drug-likeness (QED) is 0.155. The Morgan fingerprint density at radius 1 is 1.12 bits per heavy atom. The fraction of sp³-hybridized carbons (Fsp3) is 0.324. The molecule has 1 saturated heterocycles. The number of aromatic nitrogens is 2. The summed E-state index contributed by atoms with van der Waals surface area (Å²) in [5, 5.41) is 15.0. The van der Waals surface area contributed by atoms with Crippen molar-refractivity contribution in [2.45, 2.75) is 45.8 Å². The van der Waals surface area contributed by atoms with E-state index in [1.54, 1.807) is 0 Å². The molecule has 42 heavy (non-hydrogen) atoms. The highest BCUT2D eigenvalue weighted by Crippen LogP contribution is 2.37. The monoisotopic (exact) mass is 567 g/mol. The summed E-state index contributed by atoms with van der Waals surface area (Å²) < 4.78 is 13.8. The summed E-state index contributed by atoms with van der Waals surface area (Å²) in [5.41, 5.74) is 8.04. The number of hydrogen-bond acceptors (Lipinski definition) is 5. The van der Waals surface area contributed by atoms with Crippen LogP contribution < -0.4 is 4.74 Å². The van der Waals surface area contributed by atoms with Crippen molar-refractivity contribution in [2.24, 2.45) is 0 Å². The topological polar surface area (TPSA) is 93.9 Å². The zero-order chi connectivity index (χ0) is 29.5. The Labute approximate surface area is 246 Å². The van der Waals surface area contributed by atoms with Gasteiger partial charge in [-0.2, -0.15) is 5.10 Å². The number of benzene rings is 3. The first-order valence-corrected chi connectivity index (χ1v) is 14.5. The molecular weight excluding hydrogens is 530 g/mol. The van der Waals surface area contributed by atoms with Gasteiger partial charge in [-0.15, -0.1) is 0 Å². The number of nitrogens with zero attached hydrogens (tertiary/aromatic N) is 3. The number of amides is 1. The van der Waals surface area contributed by atoms with Crippen LogP contribution in [0.1, 0.15) is 61.1 Å². The largest absolute Gasteiger partial charge is 0.492 e. The van der Waals surface area contributed by atoms with Gasteiger partial charge in [-0.1, -0.05) is 49.4 Å². The van der Waals surface area contributed by atoms with Crippen LogP contribution in [0.2, 0.25) is 0 Å². The van der Waals surface area contributed by atoms with Crippen LogP contribution in [-0.4, -0.2) is 58.5 Å². The van der Waals surface area contributed by atoms with Crippen LogP contribution in [0.15, 0.2) is 72.9 Å². The molecule has 0 saturated carbocycles. The highest BCUT2D eigenvalue weighted by molar-refractivity contribution is 6.01. The summed E-state index contributed by atoms with van der Waals surface area (Å²) >= 11 is 0. The van der Waals surface area contributed by atoms with Crippen LogP contribution in [0.25, 0.3) is 22.0 Å². The minimum absolute atomic E-state index is 0.0242. The Bertz CT molecular complexity index is 1570. The Morgan fingerprint density at radius 3 is 2.60 bits per heavy atom. The van der Waals surface area contributed by atoms with E-state index in [-0.39, 0.29) is 25.9 Å². The Balaban J connectivity index is 1.50. The van der Waals surface area contributed by atoms with Crippen molar-refractivity contribution in [1.82, 2.24) is 14.7 Å². The number of rotatable bonds is 11. The van der Waals surface area contributed by atoms with Gasteiger partial charge in [0.25, 0.3) is 0 Å². The van der Waals surface area contributed by atoms with Crippen molar-refractivity contribution in [3.8, 4) is 5.75 Å². The van der Waals surface area contributed by atoms with Crippen LogP contribution in [0.3, 0.4) is 0 Å². The van der Waals surface area contributed by atoms with Gasteiger partial charge in [-0.05, 0) is 90.3 Å². The number of carbonyl (C=O) groups excluding carboxylic acids is 1. The molecule has 1 N–H and O–H groups in total. The number of allylic oxidation sites excluding steroid dienone is 1. The van der Waals surface area contributed by atoms with Crippen LogP contribution in [0, 0.1) is 6.92 Å². The van der Waals surface area contributed by atoms with Crippen molar-refractivity contribution in [1.29, 1.82) is 0 Å². The lowest BCUT2D eigenvalue weighted by molar-refractivity contribution is -0.108. The van der Waals surface area contributed by atoms with Gasteiger partial charge >= 0.3 is 6.09 Å². The first-order valence-electron chi connectivity index (χ1n) is 14.5. The Hall–Kier alpha value is -4.43. The number of aldehydes is 1. The average molecular weight is 568 g/mol. The van der Waals surface area contributed by atoms with Crippen molar-refractivity contribution in [3.05, 3.63) is 95.2 Å². The van der Waals surface area contributed by atoms with E-state index in [1.807, 2.05) is 35.1 Å². The van der Waals surface area contributed by atoms with Gasteiger partial charge in [-0.25, -0.2) is 9.48 Å². The molecule has 1 amide bonds. The predicted octanol–water partition coefficient (Wildman–Crippen LogP) is 6.97. The van der Waals surface area contributed by atoms with Crippen LogP contribution >= 0.6 is 0 Å². The van der Waals surface area contributed by atoms with Gasteiger partial charge in [-0.3, -0.25) is 4.90 Å². The number of ether oxygens (including phenoxy) is 2. The van der Waals surface area contributed by atoms with E-state index < -0.39 is 6.09 Å². The molecule has 5 rings (SSSR count). The zero-order valence-electron chi connectivity index (χ0n) is 24.2. The molecular formula is C34H37N3O5. The molecule has 0 bridgehead atoms. The van der Waals surface area contributed by atoms with Gasteiger partial charge in [0.15, 0.2) is 6.23 Å². The highest BCUT2D eigenvalue weighted by Gasteiger charge is 2.20. The number of fused-ring (bicyclic) bond motifs is 1. The Morgan fingerprint density at radius 2 is 1.90 bits per heavy atom. The summed E-state index contributed by atoms with van der Waals surface area (Å²) in [7, 11) is 0. The molecule has 218 valence electrons. The van der Waals surface area contributed by atoms with E-state index in [0.717, 1.165) is 64.8 Å². The van der Waals surface area contributed by atoms with Gasteiger partial charge < -0.3 is 19.4 Å². The lowest BCUT2D eigenvalue weighted by Crippen LogP contribution is -2.34. The lowest BCUT2D eigenvalue weighted by atomic mass is 9.86. The van der Waals surface area contributed by atoms with Crippen molar-refractivity contribution in [2.75, 3.05) is 26.3 Å². The van der Waals surface area contributed by atoms with Gasteiger partial charge in [0.1, 0.15) is 18.6 Å². The summed E-state index contributed by atoms with van der Waals surface area (Å²) in [6, 6.07) is 22.9. The van der Waals surface area contributed by atoms with E-state index in [2.05, 4.69) is 56.3 Å². The number of hydrogen-bond donors (Lipinski definition) is 1. The molecule has 8 nitrogen and oxygen atoms in total. The highest BCUT2D eigenvalue weighted by atomic mass is 16.5. The molecule has 1 fully saturated rings. The van der Waals surface area contributed by atoms with Gasteiger partial charge in [0.2, 0.25) is 0 Å². The molecule has 0 spiro atoms. The molecule has 1 aliphatic heterocycles. The number of aryl methyl sites for hydroxylation is 1. The van der Waals surface area contributed by atoms with E-state index in [1.165, 1.54) is 16.7 Å². The summed E-state index contributed by atoms with van der Waals surface area (Å²) in [6.07, 6.45) is 5.38. The standard InChI is InChI=1S/C34H37N3O5/c1-3-29(30-9-5-4-8-24(30)2)33(25-11-14-28(15-12-25)41-21-18-36(17-19-38)34(39)40)26-13-16-31-27(22-26)23-35-37(31)32-10-6-7-20-42-32/h4-5,8-9,11-16,19,22-23,32H,3,6-7,10,17-18,20-21H2,1-2H3,(H,39,40)/b33-29+. The van der Waals surface area contributed by atoms with Crippen LogP contribution in [-0.2, 0) is 9.53 Å². The van der Waals surface area contributed by atoms with E-state index >= 15 is 0 Å². The van der Waals surface area contributed by atoms with Gasteiger partial charge in [0.05, 0.1) is 24.8 Å². The minimum atomic E-state index is -1.15. The van der Waals surface area contributed by atoms with Crippen LogP contribution in [0.5, 0.6) is 5.75 Å². The third-order valence-corrected chi connectivity index (χ3v) is 7.78. The van der Waals surface area contributed by atoms with E-state index in [0.29, 0.717) is 12.0 Å². The second-order valence-electron chi connectivity index (χ2n) is 10.5. The molecule has 4 aromatic rings. The van der Waals surface area contributed by atoms with E-state index in [9.17, 15) is 14.7 Å².